The molecular formula is C36H50F2O8. The maximum Gasteiger partial charge on any atom is 0.335 e. The van der Waals surface area contributed by atoms with E-state index in [4.69, 9.17) is 29.2 Å². The first kappa shape index (κ1) is 38.7. The Morgan fingerprint density at radius 1 is 0.717 bits per heavy atom. The van der Waals surface area contributed by atoms with Crippen molar-refractivity contribution < 1.29 is 47.5 Å². The summed E-state index contributed by atoms with van der Waals surface area (Å²) < 4.78 is 47.4. The van der Waals surface area contributed by atoms with Crippen molar-refractivity contribution in [1.82, 2.24) is 0 Å². The summed E-state index contributed by atoms with van der Waals surface area (Å²) in [5, 5.41) is 18.2. The van der Waals surface area contributed by atoms with Crippen LogP contribution in [0.2, 0.25) is 0 Å². The van der Waals surface area contributed by atoms with Crippen LogP contribution in [-0.4, -0.2) is 75.1 Å². The number of unbranched alkanes of at least 4 members (excludes halogenated alkanes) is 6. The summed E-state index contributed by atoms with van der Waals surface area (Å²) in [6.45, 7) is 3.91. The van der Waals surface area contributed by atoms with Crippen LogP contribution < -0.4 is 9.47 Å². The summed E-state index contributed by atoms with van der Waals surface area (Å²) in [6.07, 6.45) is 7.92. The Labute approximate surface area is 271 Å². The van der Waals surface area contributed by atoms with Crippen LogP contribution in [0.15, 0.2) is 48.6 Å². The van der Waals surface area contributed by atoms with E-state index in [9.17, 15) is 18.4 Å². The molecule has 1 atom stereocenters. The van der Waals surface area contributed by atoms with Crippen LogP contribution in [0.25, 0.3) is 11.1 Å². The first-order valence-corrected chi connectivity index (χ1v) is 16.2. The smallest absolute Gasteiger partial charge is 0.335 e. The van der Waals surface area contributed by atoms with Gasteiger partial charge in [-0.1, -0.05) is 44.4 Å². The van der Waals surface area contributed by atoms with Gasteiger partial charge in [-0.05, 0) is 92.0 Å². The van der Waals surface area contributed by atoms with Gasteiger partial charge in [-0.3, -0.25) is 13.6 Å². The third-order valence-corrected chi connectivity index (χ3v) is 7.45. The molecule has 0 aromatic heterocycles. The van der Waals surface area contributed by atoms with E-state index in [-0.39, 0.29) is 52.0 Å². The van der Waals surface area contributed by atoms with E-state index >= 15 is 0 Å². The minimum atomic E-state index is -0.680. The molecule has 0 aliphatic carbocycles. The summed E-state index contributed by atoms with van der Waals surface area (Å²) in [5.41, 5.74) is 4.09. The molecule has 0 bridgehead atoms. The van der Waals surface area contributed by atoms with Gasteiger partial charge in [-0.25, -0.2) is 4.79 Å². The number of hydrogen-bond donors (Lipinski definition) is 2. The molecule has 2 N–H and O–H groups in total. The zero-order valence-electron chi connectivity index (χ0n) is 27.1. The molecule has 0 saturated heterocycles. The van der Waals surface area contributed by atoms with Crippen LogP contribution in [0.1, 0.15) is 69.4 Å². The van der Waals surface area contributed by atoms with Crippen LogP contribution in [0, 0.1) is 5.92 Å². The number of alkyl halides is 2. The van der Waals surface area contributed by atoms with Gasteiger partial charge in [0.1, 0.15) is 37.9 Å². The fourth-order valence-corrected chi connectivity index (χ4v) is 4.73. The number of ether oxygens (including phenoxy) is 4. The molecule has 10 heteroatoms. The molecule has 0 heterocycles. The topological polar surface area (TPSA) is 112 Å². The number of rotatable bonds is 25. The predicted molar refractivity (Wildman–Crippen MR) is 174 cm³/mol. The van der Waals surface area contributed by atoms with Crippen LogP contribution in [0.5, 0.6) is 11.5 Å². The van der Waals surface area contributed by atoms with Gasteiger partial charge in [0.2, 0.25) is 0 Å². The highest BCUT2D eigenvalue weighted by Crippen LogP contribution is 2.35. The second-order valence-corrected chi connectivity index (χ2v) is 11.2. The largest absolute Gasteiger partial charge is 0.490 e. The lowest BCUT2D eigenvalue weighted by atomic mass is 9.90. The number of hydrogen-bond acceptors (Lipinski definition) is 8. The van der Waals surface area contributed by atoms with Gasteiger partial charge in [0.15, 0.2) is 0 Å². The van der Waals surface area contributed by atoms with E-state index in [1.807, 2.05) is 36.4 Å². The highest BCUT2D eigenvalue weighted by Gasteiger charge is 2.15. The molecule has 1 unspecified atom stereocenters. The fraction of sp³-hybridized carbons (Fsp3) is 0.556. The van der Waals surface area contributed by atoms with E-state index in [0.717, 1.165) is 73.6 Å². The second kappa shape index (κ2) is 22.9. The van der Waals surface area contributed by atoms with Gasteiger partial charge in [-0.15, -0.1) is 0 Å². The monoisotopic (exact) mass is 648 g/mol. The Bertz CT molecular complexity index is 1200. The summed E-state index contributed by atoms with van der Waals surface area (Å²) in [5.74, 6) is -0.596. The molecule has 2 aromatic rings. The molecule has 256 valence electrons. The minimum absolute atomic E-state index is 0.0153. The Kier molecular flexibility index (Phi) is 19.3. The third kappa shape index (κ3) is 14.3. The fourth-order valence-electron chi connectivity index (χ4n) is 4.73. The van der Waals surface area contributed by atoms with E-state index in [0.29, 0.717) is 24.3 Å². The van der Waals surface area contributed by atoms with Crippen molar-refractivity contribution in [2.45, 2.75) is 71.1 Å². The van der Waals surface area contributed by atoms with Crippen LogP contribution in [0.3, 0.4) is 0 Å². The molecule has 8 nitrogen and oxygen atoms in total. The molecule has 0 aliphatic rings. The Morgan fingerprint density at radius 3 is 1.65 bits per heavy atom. The number of benzene rings is 2. The third-order valence-electron chi connectivity index (χ3n) is 7.45. The van der Waals surface area contributed by atoms with E-state index in [1.165, 1.54) is 0 Å². The first-order chi connectivity index (χ1) is 22.3. The first-order valence-electron chi connectivity index (χ1n) is 16.2. The molecule has 0 radical (unpaired) electrons. The predicted octanol–water partition coefficient (Wildman–Crippen LogP) is 6.52. The van der Waals surface area contributed by atoms with E-state index in [1.54, 1.807) is 6.92 Å². The van der Waals surface area contributed by atoms with Crippen molar-refractivity contribution >= 4 is 11.9 Å². The molecule has 0 aliphatic heterocycles. The number of aryl methyl sites for hydroxylation is 2. The normalized spacial score (nSPS) is 11.6. The van der Waals surface area contributed by atoms with Crippen molar-refractivity contribution in [3.8, 4) is 22.6 Å². The van der Waals surface area contributed by atoms with Gasteiger partial charge in [-0.2, -0.15) is 0 Å². The molecule has 0 saturated carbocycles. The zero-order valence-corrected chi connectivity index (χ0v) is 27.1. The average Bonchev–Trinajstić information content (AvgIpc) is 3.08. The number of halogens is 2. The van der Waals surface area contributed by atoms with Crippen molar-refractivity contribution in [2.75, 3.05) is 53.0 Å². The summed E-state index contributed by atoms with van der Waals surface area (Å²) in [6, 6.07) is 11.7. The van der Waals surface area contributed by atoms with Crippen molar-refractivity contribution in [1.29, 1.82) is 0 Å². The van der Waals surface area contributed by atoms with Gasteiger partial charge < -0.3 is 29.2 Å². The molecule has 2 aromatic carbocycles. The zero-order chi connectivity index (χ0) is 33.6. The average molecular weight is 649 g/mol. The van der Waals surface area contributed by atoms with Crippen LogP contribution >= 0.6 is 0 Å². The number of esters is 2. The molecule has 0 amide bonds. The molecule has 0 spiro atoms. The van der Waals surface area contributed by atoms with Gasteiger partial charge >= 0.3 is 11.9 Å². The Balaban J connectivity index is 2.31. The van der Waals surface area contributed by atoms with Crippen molar-refractivity contribution in [2.24, 2.45) is 5.92 Å². The minimum Gasteiger partial charge on any atom is -0.490 e. The number of aliphatic hydroxyl groups is 2. The Morgan fingerprint density at radius 2 is 1.20 bits per heavy atom. The lowest BCUT2D eigenvalue weighted by Gasteiger charge is -2.18. The Hall–Kier alpha value is -3.50. The summed E-state index contributed by atoms with van der Waals surface area (Å²) >= 11 is 0. The highest BCUT2D eigenvalue weighted by molar-refractivity contribution is 5.87. The quantitative estimate of drug-likeness (QED) is 0.0712. The van der Waals surface area contributed by atoms with E-state index in [2.05, 4.69) is 6.58 Å². The summed E-state index contributed by atoms with van der Waals surface area (Å²) in [4.78, 5) is 23.7. The number of carbonyl (C=O) groups is 2. The second-order valence-electron chi connectivity index (χ2n) is 11.2. The number of carbonyl (C=O) groups excluding carboxylic acids is 2. The molecule has 46 heavy (non-hydrogen) atoms. The maximum absolute atomic E-state index is 12.6. The summed E-state index contributed by atoms with van der Waals surface area (Å²) in [7, 11) is 0. The van der Waals surface area contributed by atoms with Crippen LogP contribution in [-0.2, 0) is 31.9 Å². The number of aliphatic hydroxyl groups excluding tert-OH is 2. The molecule has 2 rings (SSSR count). The van der Waals surface area contributed by atoms with Crippen LogP contribution in [0.4, 0.5) is 8.78 Å². The SMILES string of the molecule is C=C(CO)C(=O)OCCOc1ccc(CCCCCCF)c(-c2cc(OCCOC(=O)C(C)CO)ccc2CCCCCCF)c1. The van der Waals surface area contributed by atoms with Gasteiger partial charge in [0.05, 0.1) is 38.1 Å². The van der Waals surface area contributed by atoms with E-state index < -0.39 is 24.5 Å². The van der Waals surface area contributed by atoms with Crippen molar-refractivity contribution in [3.63, 3.8) is 0 Å². The molecular weight excluding hydrogens is 598 g/mol. The van der Waals surface area contributed by atoms with Gasteiger partial charge in [0.25, 0.3) is 0 Å². The lowest BCUT2D eigenvalue weighted by Crippen LogP contribution is -2.20. The van der Waals surface area contributed by atoms with Crippen molar-refractivity contribution in [3.05, 3.63) is 59.7 Å². The van der Waals surface area contributed by atoms with Gasteiger partial charge in [0, 0.05) is 0 Å². The maximum atomic E-state index is 12.6. The highest BCUT2D eigenvalue weighted by atomic mass is 19.1. The standard InChI is InChI=1S/C36H50F2O8/c1-27(25-39)35(41)45-21-19-43-31-15-13-29(11-7-3-5-9-17-37)33(23-31)34-24-32(44-20-22-46-36(42)28(2)26-40)16-14-30(34)12-8-4-6-10-18-38/h13-16,23-24,28,39-40H,1,3-12,17-22,25-26H2,2H3. The molecule has 0 fully saturated rings. The lowest BCUT2D eigenvalue weighted by molar-refractivity contribution is -0.150.